The lowest BCUT2D eigenvalue weighted by atomic mass is 9.83. The monoisotopic (exact) mass is 424 g/mol. The molecule has 0 bridgehead atoms. The largest absolute Gasteiger partial charge is 0.366 e. The average molecular weight is 425 g/mol. The van der Waals surface area contributed by atoms with Gasteiger partial charge in [-0.15, -0.1) is 0 Å². The highest BCUT2D eigenvalue weighted by Crippen LogP contribution is 2.30. The van der Waals surface area contributed by atoms with E-state index < -0.39 is 0 Å². The molecule has 0 radical (unpaired) electrons. The Morgan fingerprint density at radius 2 is 1.83 bits per heavy atom. The normalized spacial score (nSPS) is 18.9. The molecular formula is C24H26ClFN4. The van der Waals surface area contributed by atoms with E-state index >= 15 is 0 Å². The number of anilines is 1. The van der Waals surface area contributed by atoms with Crippen LogP contribution in [0.3, 0.4) is 0 Å². The van der Waals surface area contributed by atoms with Crippen LogP contribution < -0.4 is 11.1 Å². The molecule has 0 unspecified atom stereocenters. The zero-order chi connectivity index (χ0) is 20.9. The molecule has 0 aliphatic heterocycles. The summed E-state index contributed by atoms with van der Waals surface area (Å²) in [4.78, 5) is 9.27. The molecule has 1 saturated carbocycles. The highest BCUT2D eigenvalue weighted by molar-refractivity contribution is 6.33. The molecule has 0 spiro atoms. The summed E-state index contributed by atoms with van der Waals surface area (Å²) >= 11 is 6.46. The number of hydrogen-bond acceptors (Lipinski definition) is 4. The van der Waals surface area contributed by atoms with Crippen LogP contribution in [-0.2, 0) is 13.0 Å². The maximum Gasteiger partial charge on any atom is 0.126 e. The minimum Gasteiger partial charge on any atom is -0.366 e. The predicted molar refractivity (Wildman–Crippen MR) is 120 cm³/mol. The summed E-state index contributed by atoms with van der Waals surface area (Å²) in [6, 6.07) is 14.7. The topological polar surface area (TPSA) is 63.8 Å². The summed E-state index contributed by atoms with van der Waals surface area (Å²) in [6.45, 7) is 0.565. The summed E-state index contributed by atoms with van der Waals surface area (Å²) in [6.07, 6.45) is 7.16. The number of hydrogen-bond donors (Lipinski definition) is 2. The standard InChI is InChI=1S/C24H26ClFN4/c25-22-15-28-20(12-16-6-10-19(27)11-7-16)13-21(22)23-2-1-3-24(30-23)29-14-17-4-8-18(26)9-5-17/h1-5,8-9,13,15-16,19H,6-7,10-12,14,27H2,(H,29,30). The number of rotatable bonds is 6. The zero-order valence-corrected chi connectivity index (χ0v) is 17.6. The van der Waals surface area contributed by atoms with Crippen LogP contribution in [-0.4, -0.2) is 16.0 Å². The van der Waals surface area contributed by atoms with Gasteiger partial charge in [0.1, 0.15) is 11.6 Å². The lowest BCUT2D eigenvalue weighted by Crippen LogP contribution is -2.27. The number of nitrogens with one attached hydrogen (secondary N) is 1. The van der Waals surface area contributed by atoms with Crippen LogP contribution in [0.15, 0.2) is 54.7 Å². The molecule has 3 N–H and O–H groups in total. The molecular weight excluding hydrogens is 399 g/mol. The first kappa shape index (κ1) is 20.8. The first-order chi connectivity index (χ1) is 14.6. The van der Waals surface area contributed by atoms with Gasteiger partial charge in [0.15, 0.2) is 0 Å². The molecule has 6 heteroatoms. The number of aromatic nitrogens is 2. The third-order valence-corrected chi connectivity index (χ3v) is 6.01. The molecule has 1 aliphatic carbocycles. The summed E-state index contributed by atoms with van der Waals surface area (Å²) in [5, 5.41) is 3.88. The molecule has 2 aromatic heterocycles. The lowest BCUT2D eigenvalue weighted by Gasteiger charge is -2.25. The molecule has 0 amide bonds. The van der Waals surface area contributed by atoms with Gasteiger partial charge in [0.25, 0.3) is 0 Å². The minimum absolute atomic E-state index is 0.238. The summed E-state index contributed by atoms with van der Waals surface area (Å²) in [7, 11) is 0. The molecule has 0 saturated heterocycles. The number of nitrogens with zero attached hydrogens (tertiary/aromatic N) is 2. The number of halogens is 2. The maximum absolute atomic E-state index is 13.1. The molecule has 0 atom stereocenters. The van der Waals surface area contributed by atoms with Gasteiger partial charge in [-0.1, -0.05) is 29.8 Å². The Morgan fingerprint density at radius 3 is 2.60 bits per heavy atom. The van der Waals surface area contributed by atoms with Crippen molar-refractivity contribution in [3.63, 3.8) is 0 Å². The summed E-state index contributed by atoms with van der Waals surface area (Å²) in [5.74, 6) is 1.13. The highest BCUT2D eigenvalue weighted by Gasteiger charge is 2.20. The Labute approximate surface area is 181 Å². The molecule has 156 valence electrons. The highest BCUT2D eigenvalue weighted by atomic mass is 35.5. The van der Waals surface area contributed by atoms with Crippen LogP contribution in [0.25, 0.3) is 11.3 Å². The molecule has 4 nitrogen and oxygen atoms in total. The SMILES string of the molecule is NC1CCC(Cc2cc(-c3cccc(NCc4ccc(F)cc4)n3)c(Cl)cn2)CC1. The molecule has 4 rings (SSSR count). The van der Waals surface area contributed by atoms with E-state index in [9.17, 15) is 4.39 Å². The van der Waals surface area contributed by atoms with Crippen molar-refractivity contribution in [2.75, 3.05) is 5.32 Å². The molecule has 30 heavy (non-hydrogen) atoms. The van der Waals surface area contributed by atoms with E-state index in [1.165, 1.54) is 12.1 Å². The quantitative estimate of drug-likeness (QED) is 0.540. The smallest absolute Gasteiger partial charge is 0.126 e. The second-order valence-electron chi connectivity index (χ2n) is 8.03. The third-order valence-electron chi connectivity index (χ3n) is 5.71. The van der Waals surface area contributed by atoms with Crippen molar-refractivity contribution in [1.29, 1.82) is 0 Å². The van der Waals surface area contributed by atoms with Crippen molar-refractivity contribution < 1.29 is 4.39 Å². The van der Waals surface area contributed by atoms with Gasteiger partial charge in [-0.3, -0.25) is 4.98 Å². The van der Waals surface area contributed by atoms with E-state index in [0.29, 0.717) is 23.5 Å². The van der Waals surface area contributed by atoms with Gasteiger partial charge in [-0.2, -0.15) is 0 Å². The van der Waals surface area contributed by atoms with Crippen LogP contribution in [0.5, 0.6) is 0 Å². The van der Waals surface area contributed by atoms with Gasteiger partial charge in [0.05, 0.1) is 10.7 Å². The van der Waals surface area contributed by atoms with E-state index in [4.69, 9.17) is 22.3 Å². The lowest BCUT2D eigenvalue weighted by molar-refractivity contribution is 0.323. The maximum atomic E-state index is 13.1. The van der Waals surface area contributed by atoms with Gasteiger partial charge in [0, 0.05) is 30.0 Å². The zero-order valence-electron chi connectivity index (χ0n) is 16.8. The Morgan fingerprint density at radius 1 is 1.07 bits per heavy atom. The van der Waals surface area contributed by atoms with Crippen molar-refractivity contribution in [2.24, 2.45) is 11.7 Å². The fourth-order valence-corrected chi connectivity index (χ4v) is 4.16. The summed E-state index contributed by atoms with van der Waals surface area (Å²) < 4.78 is 13.1. The fourth-order valence-electron chi connectivity index (χ4n) is 3.96. The molecule has 1 fully saturated rings. The second-order valence-corrected chi connectivity index (χ2v) is 8.44. The summed E-state index contributed by atoms with van der Waals surface area (Å²) in [5.41, 5.74) is 9.75. The average Bonchev–Trinajstić information content (AvgIpc) is 2.76. The minimum atomic E-state index is -0.238. The van der Waals surface area contributed by atoms with E-state index in [-0.39, 0.29) is 5.82 Å². The van der Waals surface area contributed by atoms with Crippen molar-refractivity contribution in [3.05, 3.63) is 76.8 Å². The van der Waals surface area contributed by atoms with E-state index in [0.717, 1.165) is 60.4 Å². The number of nitrogens with two attached hydrogens (primary N) is 1. The fraction of sp³-hybridized carbons (Fsp3) is 0.333. The van der Waals surface area contributed by atoms with Crippen molar-refractivity contribution in [2.45, 2.75) is 44.7 Å². The van der Waals surface area contributed by atoms with E-state index in [1.807, 2.05) is 18.2 Å². The van der Waals surface area contributed by atoms with Crippen LogP contribution in [0.4, 0.5) is 10.2 Å². The van der Waals surface area contributed by atoms with Gasteiger partial charge >= 0.3 is 0 Å². The Bertz CT molecular complexity index is 985. The first-order valence-electron chi connectivity index (χ1n) is 10.4. The van der Waals surface area contributed by atoms with Crippen LogP contribution >= 0.6 is 11.6 Å². The predicted octanol–water partition coefficient (Wildman–Crippen LogP) is 5.61. The number of pyridine rings is 2. The molecule has 1 aromatic carbocycles. The Kier molecular flexibility index (Phi) is 6.60. The van der Waals surface area contributed by atoms with Crippen molar-refractivity contribution in [3.8, 4) is 11.3 Å². The van der Waals surface area contributed by atoms with Gasteiger partial charge in [-0.25, -0.2) is 9.37 Å². The van der Waals surface area contributed by atoms with Crippen LogP contribution in [0.1, 0.15) is 36.9 Å². The van der Waals surface area contributed by atoms with Gasteiger partial charge in [-0.05, 0) is 73.9 Å². The molecule has 3 aromatic rings. The number of benzene rings is 1. The Hall–Kier alpha value is -2.50. The second kappa shape index (κ2) is 9.54. The van der Waals surface area contributed by atoms with Crippen LogP contribution in [0, 0.1) is 11.7 Å². The van der Waals surface area contributed by atoms with Crippen molar-refractivity contribution in [1.82, 2.24) is 9.97 Å². The van der Waals surface area contributed by atoms with Gasteiger partial charge in [0.2, 0.25) is 0 Å². The Balaban J connectivity index is 1.47. The van der Waals surface area contributed by atoms with Crippen LogP contribution in [0.2, 0.25) is 5.02 Å². The molecule has 2 heterocycles. The van der Waals surface area contributed by atoms with E-state index in [2.05, 4.69) is 16.4 Å². The van der Waals surface area contributed by atoms with Crippen molar-refractivity contribution >= 4 is 17.4 Å². The molecule has 1 aliphatic rings. The van der Waals surface area contributed by atoms with Gasteiger partial charge < -0.3 is 11.1 Å². The van der Waals surface area contributed by atoms with E-state index in [1.54, 1.807) is 18.3 Å². The third kappa shape index (κ3) is 5.35. The first-order valence-corrected chi connectivity index (χ1v) is 10.8.